The van der Waals surface area contributed by atoms with Gasteiger partial charge in [0.2, 0.25) is 0 Å². The summed E-state index contributed by atoms with van der Waals surface area (Å²) in [6.07, 6.45) is 3.38. The third-order valence-corrected chi connectivity index (χ3v) is 1.97. The second kappa shape index (κ2) is 7.69. The smallest absolute Gasteiger partial charge is 0.152 e. The predicted octanol–water partition coefficient (Wildman–Crippen LogP) is 3.63. The fraction of sp³-hybridized carbons (Fsp3) is 0.357. The number of ketones is 1. The molecule has 88 valence electrons. The molecule has 0 aliphatic carbocycles. The Kier molecular flexibility index (Phi) is 6.93. The number of ether oxygens (including phenoxy) is 1. The molecule has 0 saturated carbocycles. The van der Waals surface area contributed by atoms with E-state index < -0.39 is 0 Å². The summed E-state index contributed by atoms with van der Waals surface area (Å²) in [7, 11) is 1.64. The van der Waals surface area contributed by atoms with Gasteiger partial charge in [-0.15, -0.1) is 0 Å². The summed E-state index contributed by atoms with van der Waals surface area (Å²) in [5.74, 6) is 0.891. The van der Waals surface area contributed by atoms with E-state index in [9.17, 15) is 4.79 Å². The molecule has 16 heavy (non-hydrogen) atoms. The first-order valence-electron chi connectivity index (χ1n) is 5.47. The molecule has 0 fully saturated rings. The zero-order valence-corrected chi connectivity index (χ0v) is 10.7. The van der Waals surface area contributed by atoms with E-state index in [0.717, 1.165) is 16.9 Å². The van der Waals surface area contributed by atoms with Gasteiger partial charge in [0.15, 0.2) is 5.78 Å². The SMILES string of the molecule is CC.COc1ccc(/C=C/C(C)=O)c(C)c1. The lowest BCUT2D eigenvalue weighted by molar-refractivity contribution is -0.112. The third kappa shape index (κ3) is 4.78. The maximum atomic E-state index is 10.7. The molecule has 0 aliphatic rings. The van der Waals surface area contributed by atoms with Crippen LogP contribution in [0.15, 0.2) is 24.3 Å². The molecule has 0 unspecified atom stereocenters. The Bertz CT molecular complexity index is 365. The molecule has 2 heteroatoms. The Morgan fingerprint density at radius 1 is 1.31 bits per heavy atom. The molecule has 0 N–H and O–H groups in total. The Hall–Kier alpha value is -1.57. The van der Waals surface area contributed by atoms with Gasteiger partial charge in [-0.3, -0.25) is 4.79 Å². The van der Waals surface area contributed by atoms with Gasteiger partial charge in [0, 0.05) is 0 Å². The highest BCUT2D eigenvalue weighted by atomic mass is 16.5. The van der Waals surface area contributed by atoms with Crippen molar-refractivity contribution in [2.75, 3.05) is 7.11 Å². The van der Waals surface area contributed by atoms with Gasteiger partial charge in [-0.25, -0.2) is 0 Å². The molecule has 1 rings (SSSR count). The van der Waals surface area contributed by atoms with Crippen LogP contribution < -0.4 is 4.74 Å². The quantitative estimate of drug-likeness (QED) is 0.727. The van der Waals surface area contributed by atoms with Crippen LogP contribution in [-0.4, -0.2) is 12.9 Å². The average molecular weight is 220 g/mol. The highest BCUT2D eigenvalue weighted by Gasteiger charge is 1.96. The van der Waals surface area contributed by atoms with Crippen LogP contribution in [0.25, 0.3) is 6.08 Å². The van der Waals surface area contributed by atoms with Gasteiger partial charge in [0.25, 0.3) is 0 Å². The van der Waals surface area contributed by atoms with Crippen LogP contribution in [0.4, 0.5) is 0 Å². The van der Waals surface area contributed by atoms with Crippen LogP contribution in [0.2, 0.25) is 0 Å². The predicted molar refractivity (Wildman–Crippen MR) is 68.8 cm³/mol. The van der Waals surface area contributed by atoms with Gasteiger partial charge in [0.1, 0.15) is 5.75 Å². The fourth-order valence-corrected chi connectivity index (χ4v) is 1.17. The summed E-state index contributed by atoms with van der Waals surface area (Å²) in [6, 6.07) is 5.76. The number of aryl methyl sites for hydroxylation is 1. The van der Waals surface area contributed by atoms with E-state index >= 15 is 0 Å². The van der Waals surface area contributed by atoms with E-state index in [-0.39, 0.29) is 5.78 Å². The van der Waals surface area contributed by atoms with Gasteiger partial charge >= 0.3 is 0 Å². The summed E-state index contributed by atoms with van der Waals surface area (Å²) in [5.41, 5.74) is 2.14. The van der Waals surface area contributed by atoms with E-state index in [1.54, 1.807) is 13.2 Å². The lowest BCUT2D eigenvalue weighted by Crippen LogP contribution is -1.87. The zero-order chi connectivity index (χ0) is 12.6. The van der Waals surface area contributed by atoms with Crippen LogP contribution in [-0.2, 0) is 4.79 Å². The lowest BCUT2D eigenvalue weighted by atomic mass is 10.1. The first-order valence-corrected chi connectivity index (χ1v) is 5.47. The Morgan fingerprint density at radius 2 is 1.94 bits per heavy atom. The largest absolute Gasteiger partial charge is 0.497 e. The fourth-order valence-electron chi connectivity index (χ4n) is 1.17. The lowest BCUT2D eigenvalue weighted by Gasteiger charge is -2.03. The third-order valence-electron chi connectivity index (χ3n) is 1.97. The minimum Gasteiger partial charge on any atom is -0.497 e. The average Bonchev–Trinajstić information content (AvgIpc) is 2.29. The van der Waals surface area contributed by atoms with E-state index in [0.29, 0.717) is 0 Å². The van der Waals surface area contributed by atoms with Crippen molar-refractivity contribution in [3.05, 3.63) is 35.4 Å². The standard InChI is InChI=1S/C12H14O2.C2H6/c1-9-8-12(14-3)7-6-11(9)5-4-10(2)13;1-2/h4-8H,1-3H3;1-2H3/b5-4+;. The van der Waals surface area contributed by atoms with Crippen molar-refractivity contribution >= 4 is 11.9 Å². The van der Waals surface area contributed by atoms with Gasteiger partial charge < -0.3 is 4.74 Å². The van der Waals surface area contributed by atoms with Crippen LogP contribution in [0, 0.1) is 6.92 Å². The number of hydrogen-bond donors (Lipinski definition) is 0. The monoisotopic (exact) mass is 220 g/mol. The molecule has 0 aromatic heterocycles. The first-order chi connectivity index (χ1) is 7.63. The van der Waals surface area contributed by atoms with Crippen LogP contribution in [0.1, 0.15) is 31.9 Å². The van der Waals surface area contributed by atoms with E-state index in [1.807, 2.05) is 45.0 Å². The number of methoxy groups -OCH3 is 1. The van der Waals surface area contributed by atoms with Crippen LogP contribution in [0.5, 0.6) is 5.75 Å². The molecule has 2 nitrogen and oxygen atoms in total. The summed E-state index contributed by atoms with van der Waals surface area (Å²) in [6.45, 7) is 7.53. The summed E-state index contributed by atoms with van der Waals surface area (Å²) in [4.78, 5) is 10.7. The van der Waals surface area contributed by atoms with Crippen molar-refractivity contribution in [2.45, 2.75) is 27.7 Å². The molecule has 0 amide bonds. The van der Waals surface area contributed by atoms with Crippen molar-refractivity contribution in [1.29, 1.82) is 0 Å². The molecule has 0 saturated heterocycles. The second-order valence-corrected chi connectivity index (χ2v) is 3.17. The number of rotatable bonds is 3. The maximum absolute atomic E-state index is 10.7. The number of carbonyl (C=O) groups excluding carboxylic acids is 1. The van der Waals surface area contributed by atoms with Crippen molar-refractivity contribution in [3.63, 3.8) is 0 Å². The summed E-state index contributed by atoms with van der Waals surface area (Å²) >= 11 is 0. The highest BCUT2D eigenvalue weighted by Crippen LogP contribution is 2.17. The van der Waals surface area contributed by atoms with E-state index in [2.05, 4.69) is 0 Å². The van der Waals surface area contributed by atoms with Crippen molar-refractivity contribution < 1.29 is 9.53 Å². The normalized spacial score (nSPS) is 9.56. The maximum Gasteiger partial charge on any atom is 0.152 e. The van der Waals surface area contributed by atoms with Crippen molar-refractivity contribution in [2.24, 2.45) is 0 Å². The molecule has 0 aliphatic heterocycles. The van der Waals surface area contributed by atoms with E-state index in [4.69, 9.17) is 4.74 Å². The Balaban J connectivity index is 0.00000106. The zero-order valence-electron chi connectivity index (χ0n) is 10.7. The molecule has 0 spiro atoms. The van der Waals surface area contributed by atoms with Crippen LogP contribution in [0.3, 0.4) is 0 Å². The Morgan fingerprint density at radius 3 is 2.38 bits per heavy atom. The molecule has 1 aromatic rings. The number of carbonyl (C=O) groups is 1. The molecular formula is C14H20O2. The van der Waals surface area contributed by atoms with Crippen molar-refractivity contribution in [3.8, 4) is 5.75 Å². The van der Waals surface area contributed by atoms with Gasteiger partial charge in [-0.05, 0) is 43.2 Å². The van der Waals surface area contributed by atoms with Crippen LogP contribution >= 0.6 is 0 Å². The number of benzene rings is 1. The molecule has 0 atom stereocenters. The minimum absolute atomic E-state index is 0.0558. The molecular weight excluding hydrogens is 200 g/mol. The second-order valence-electron chi connectivity index (χ2n) is 3.17. The van der Waals surface area contributed by atoms with Gasteiger partial charge in [0.05, 0.1) is 7.11 Å². The number of allylic oxidation sites excluding steroid dienone is 1. The van der Waals surface area contributed by atoms with E-state index in [1.165, 1.54) is 6.92 Å². The summed E-state index contributed by atoms with van der Waals surface area (Å²) < 4.78 is 5.08. The van der Waals surface area contributed by atoms with Gasteiger partial charge in [-0.1, -0.05) is 26.0 Å². The molecule has 0 bridgehead atoms. The van der Waals surface area contributed by atoms with Crippen molar-refractivity contribution in [1.82, 2.24) is 0 Å². The Labute approximate surface area is 97.9 Å². The highest BCUT2D eigenvalue weighted by molar-refractivity contribution is 5.91. The van der Waals surface area contributed by atoms with Gasteiger partial charge in [-0.2, -0.15) is 0 Å². The molecule has 0 radical (unpaired) electrons. The minimum atomic E-state index is 0.0558. The topological polar surface area (TPSA) is 26.3 Å². The molecule has 1 aromatic carbocycles. The number of hydrogen-bond acceptors (Lipinski definition) is 2. The first kappa shape index (κ1) is 14.4. The molecule has 0 heterocycles. The summed E-state index contributed by atoms with van der Waals surface area (Å²) in [5, 5.41) is 0.